The van der Waals surface area contributed by atoms with E-state index in [1.54, 1.807) is 72.3 Å². The summed E-state index contributed by atoms with van der Waals surface area (Å²) >= 11 is 6.00. The molecule has 0 saturated heterocycles. The number of fused-ring (bicyclic) bond motifs is 2. The highest BCUT2D eigenvalue weighted by atomic mass is 35.5. The van der Waals surface area contributed by atoms with Gasteiger partial charge in [-0.1, -0.05) is 29.8 Å². The Kier molecular flexibility index (Phi) is 8.40. The number of hydrogen-bond donors (Lipinski definition) is 2. The average molecular weight is 586 g/mol. The Morgan fingerprint density at radius 3 is 2.45 bits per heavy atom. The fourth-order valence-corrected chi connectivity index (χ4v) is 4.98. The predicted octanol–water partition coefficient (Wildman–Crippen LogP) is 4.89. The Balaban J connectivity index is 1.23. The summed E-state index contributed by atoms with van der Waals surface area (Å²) in [5.74, 6) is -0.400. The van der Waals surface area contributed by atoms with Gasteiger partial charge < -0.3 is 19.8 Å². The number of methoxy groups -OCH3 is 1. The van der Waals surface area contributed by atoms with Crippen LogP contribution in [0.25, 0.3) is 21.9 Å². The molecular formula is C32H28ClN3O6. The number of rotatable bonds is 9. The van der Waals surface area contributed by atoms with Crippen LogP contribution in [0, 0.1) is 6.92 Å². The molecule has 2 amide bonds. The lowest BCUT2D eigenvalue weighted by molar-refractivity contribution is -0.120. The molecule has 0 spiro atoms. The zero-order valence-corrected chi connectivity index (χ0v) is 23.8. The molecule has 0 aliphatic carbocycles. The van der Waals surface area contributed by atoms with Gasteiger partial charge in [0.25, 0.3) is 11.8 Å². The van der Waals surface area contributed by atoms with Crippen LogP contribution in [0.15, 0.2) is 82.0 Å². The van der Waals surface area contributed by atoms with Crippen LogP contribution in [0.3, 0.4) is 0 Å². The van der Waals surface area contributed by atoms with Gasteiger partial charge in [0.15, 0.2) is 0 Å². The van der Waals surface area contributed by atoms with E-state index in [0.29, 0.717) is 57.0 Å². The third-order valence-electron chi connectivity index (χ3n) is 7.02. The van der Waals surface area contributed by atoms with Crippen LogP contribution >= 0.6 is 11.6 Å². The van der Waals surface area contributed by atoms with Gasteiger partial charge in [0.1, 0.15) is 16.9 Å². The lowest BCUT2D eigenvalue weighted by Gasteiger charge is -2.09. The van der Waals surface area contributed by atoms with E-state index in [9.17, 15) is 19.2 Å². The second-order valence-corrected chi connectivity index (χ2v) is 10.2. The van der Waals surface area contributed by atoms with Crippen molar-refractivity contribution in [3.05, 3.63) is 111 Å². The van der Waals surface area contributed by atoms with Gasteiger partial charge in [-0.05, 0) is 73.5 Å². The Hall–Kier alpha value is -4.89. The Morgan fingerprint density at radius 2 is 1.69 bits per heavy atom. The van der Waals surface area contributed by atoms with Gasteiger partial charge in [0.2, 0.25) is 5.91 Å². The van der Waals surface area contributed by atoms with E-state index in [4.69, 9.17) is 20.8 Å². The molecule has 10 heteroatoms. The van der Waals surface area contributed by atoms with E-state index in [2.05, 4.69) is 10.6 Å². The summed E-state index contributed by atoms with van der Waals surface area (Å²) in [7, 11) is 1.56. The summed E-state index contributed by atoms with van der Waals surface area (Å²) in [6.45, 7) is 2.36. The van der Waals surface area contributed by atoms with E-state index in [1.807, 2.05) is 13.0 Å². The first kappa shape index (κ1) is 28.6. The van der Waals surface area contributed by atoms with Crippen LogP contribution in [0.4, 0.5) is 0 Å². The van der Waals surface area contributed by atoms with Crippen molar-refractivity contribution in [2.45, 2.75) is 19.8 Å². The fraction of sp³-hybridized carbons (Fsp3) is 0.188. The molecule has 2 N–H and O–H groups in total. The summed E-state index contributed by atoms with van der Waals surface area (Å²) < 4.78 is 12.2. The molecule has 5 aromatic rings. The number of nitrogens with zero attached hydrogens (tertiary/aromatic N) is 1. The van der Waals surface area contributed by atoms with E-state index in [0.717, 1.165) is 5.39 Å². The number of para-hydroxylation sites is 1. The lowest BCUT2D eigenvalue weighted by Crippen LogP contribution is -2.32. The molecule has 2 heterocycles. The first-order valence-electron chi connectivity index (χ1n) is 13.3. The lowest BCUT2D eigenvalue weighted by atomic mass is 10.1. The molecule has 0 radical (unpaired) electrons. The van der Waals surface area contributed by atoms with E-state index >= 15 is 0 Å². The Bertz CT molecular complexity index is 1870. The second kappa shape index (κ2) is 12.3. The minimum atomic E-state index is -0.708. The van der Waals surface area contributed by atoms with Crippen LogP contribution in [0.1, 0.15) is 38.4 Å². The summed E-state index contributed by atoms with van der Waals surface area (Å²) in [5.41, 5.74) is 2.11. The van der Waals surface area contributed by atoms with Crippen LogP contribution in [0.5, 0.6) is 5.75 Å². The zero-order chi connectivity index (χ0) is 29.8. The maximum atomic E-state index is 13.5. The number of carbonyl (C=O) groups excluding carboxylic acids is 3. The van der Waals surface area contributed by atoms with Crippen molar-refractivity contribution in [3.63, 3.8) is 0 Å². The topological polar surface area (TPSA) is 120 Å². The van der Waals surface area contributed by atoms with Crippen LogP contribution in [0.2, 0.25) is 5.02 Å². The first-order chi connectivity index (χ1) is 20.3. The number of carbonyl (C=O) groups is 3. The van der Waals surface area contributed by atoms with Gasteiger partial charge in [-0.25, -0.2) is 4.79 Å². The van der Waals surface area contributed by atoms with Crippen molar-refractivity contribution in [2.75, 3.05) is 20.2 Å². The molecular weight excluding hydrogens is 558 g/mol. The molecule has 0 aliphatic rings. The molecule has 0 fully saturated rings. The Labute approximate surface area is 246 Å². The quantitative estimate of drug-likeness (QED) is 0.188. The predicted molar refractivity (Wildman–Crippen MR) is 161 cm³/mol. The van der Waals surface area contributed by atoms with Gasteiger partial charge in [-0.3, -0.25) is 19.0 Å². The van der Waals surface area contributed by atoms with Crippen LogP contribution in [-0.2, 0) is 11.2 Å². The number of aromatic nitrogens is 1. The average Bonchev–Trinajstić information content (AvgIpc) is 3.26. The van der Waals surface area contributed by atoms with Crippen molar-refractivity contribution in [1.29, 1.82) is 0 Å². The molecule has 5 rings (SSSR count). The number of ether oxygens (including phenoxy) is 1. The number of amides is 2. The highest BCUT2D eigenvalue weighted by Gasteiger charge is 2.22. The first-order valence-corrected chi connectivity index (χ1v) is 13.7. The third-order valence-corrected chi connectivity index (χ3v) is 7.27. The molecule has 42 heavy (non-hydrogen) atoms. The fourth-order valence-electron chi connectivity index (χ4n) is 4.85. The molecule has 0 bridgehead atoms. The van der Waals surface area contributed by atoms with Crippen molar-refractivity contribution in [2.24, 2.45) is 0 Å². The van der Waals surface area contributed by atoms with Crippen molar-refractivity contribution >= 4 is 51.2 Å². The third kappa shape index (κ3) is 5.91. The smallest absolute Gasteiger partial charge is 0.349 e. The largest absolute Gasteiger partial charge is 0.497 e. The molecule has 214 valence electrons. The summed E-state index contributed by atoms with van der Waals surface area (Å²) in [4.78, 5) is 51.1. The monoisotopic (exact) mass is 585 g/mol. The SMILES string of the molecule is COc1ccc2c(c1)c(CC(=O)NCCCNC(=O)c1cc3ccccc3oc1=O)c(C)n2C(=O)c1ccc(Cl)cc1. The van der Waals surface area contributed by atoms with E-state index < -0.39 is 11.5 Å². The van der Waals surface area contributed by atoms with E-state index in [-0.39, 0.29) is 30.3 Å². The van der Waals surface area contributed by atoms with Gasteiger partial charge in [0, 0.05) is 40.1 Å². The maximum absolute atomic E-state index is 13.5. The van der Waals surface area contributed by atoms with Crippen molar-refractivity contribution in [3.8, 4) is 5.75 Å². The highest BCUT2D eigenvalue weighted by Crippen LogP contribution is 2.31. The second-order valence-electron chi connectivity index (χ2n) is 9.72. The molecule has 9 nitrogen and oxygen atoms in total. The molecule has 0 aliphatic heterocycles. The summed E-state index contributed by atoms with van der Waals surface area (Å²) in [6.07, 6.45) is 0.487. The highest BCUT2D eigenvalue weighted by molar-refractivity contribution is 6.30. The summed E-state index contributed by atoms with van der Waals surface area (Å²) in [5, 5.41) is 7.48. The Morgan fingerprint density at radius 1 is 0.952 bits per heavy atom. The standard InChI is InChI=1S/C32H28ClN3O6/c1-19-24(25-17-23(41-2)12-13-27(25)36(19)31(39)20-8-10-22(33)11-9-20)18-29(37)34-14-5-15-35-30(38)26-16-21-6-3-4-7-28(21)42-32(26)40/h3-4,6-13,16-17H,5,14-15,18H2,1-2H3,(H,34,37)(H,35,38). The minimum Gasteiger partial charge on any atom is -0.497 e. The van der Waals surface area contributed by atoms with E-state index in [1.165, 1.54) is 6.07 Å². The van der Waals surface area contributed by atoms with Gasteiger partial charge >= 0.3 is 5.63 Å². The van der Waals surface area contributed by atoms with Crippen molar-refractivity contribution < 1.29 is 23.5 Å². The van der Waals surface area contributed by atoms with Crippen molar-refractivity contribution in [1.82, 2.24) is 15.2 Å². The minimum absolute atomic E-state index is 0.0426. The number of hydrogen-bond acceptors (Lipinski definition) is 6. The number of benzene rings is 3. The molecule has 3 aromatic carbocycles. The summed E-state index contributed by atoms with van der Waals surface area (Å²) in [6, 6.07) is 20.5. The normalized spacial score (nSPS) is 11.0. The molecule has 0 atom stereocenters. The molecule has 2 aromatic heterocycles. The number of nitrogens with one attached hydrogen (secondary N) is 2. The molecule has 0 saturated carbocycles. The van der Waals surface area contributed by atoms with Gasteiger partial charge in [-0.2, -0.15) is 0 Å². The van der Waals surface area contributed by atoms with Gasteiger partial charge in [0.05, 0.1) is 19.0 Å². The van der Waals surface area contributed by atoms with Gasteiger partial charge in [-0.15, -0.1) is 0 Å². The maximum Gasteiger partial charge on any atom is 0.349 e. The van der Waals surface area contributed by atoms with Crippen LogP contribution in [-0.4, -0.2) is 42.5 Å². The van der Waals surface area contributed by atoms with Crippen LogP contribution < -0.4 is 21.0 Å². The zero-order valence-electron chi connectivity index (χ0n) is 23.0. The number of halogens is 1. The molecule has 0 unspecified atom stereocenters.